The third-order valence-corrected chi connectivity index (χ3v) is 5.86. The summed E-state index contributed by atoms with van der Waals surface area (Å²) in [5.41, 5.74) is 1.17. The lowest BCUT2D eigenvalue weighted by Gasteiger charge is -2.32. The van der Waals surface area contributed by atoms with E-state index in [1.54, 1.807) is 11.3 Å². The van der Waals surface area contributed by atoms with E-state index < -0.39 is 0 Å². The first-order valence-corrected chi connectivity index (χ1v) is 9.48. The van der Waals surface area contributed by atoms with Crippen molar-refractivity contribution >= 4 is 17.2 Å². The van der Waals surface area contributed by atoms with E-state index in [-0.39, 0.29) is 12.5 Å². The molecule has 2 heterocycles. The van der Waals surface area contributed by atoms with Gasteiger partial charge in [0.15, 0.2) is 0 Å². The first kappa shape index (κ1) is 15.9. The second-order valence-corrected chi connectivity index (χ2v) is 7.32. The number of aromatic nitrogens is 1. The fourth-order valence-corrected chi connectivity index (χ4v) is 4.44. The van der Waals surface area contributed by atoms with Gasteiger partial charge in [-0.1, -0.05) is 19.8 Å². The maximum absolute atomic E-state index is 12.4. The number of carbonyl (C=O) groups excluding carboxylic acids is 1. The van der Waals surface area contributed by atoms with E-state index in [2.05, 4.69) is 12.3 Å². The average Bonchev–Trinajstić information content (AvgIpc) is 3.24. The predicted molar refractivity (Wildman–Crippen MR) is 88.3 cm³/mol. The molecule has 0 spiro atoms. The zero-order valence-corrected chi connectivity index (χ0v) is 14.2. The Kier molecular flexibility index (Phi) is 5.47. The number of thiazole rings is 1. The van der Waals surface area contributed by atoms with Gasteiger partial charge >= 0.3 is 0 Å². The Balaban J connectivity index is 1.51. The zero-order valence-electron chi connectivity index (χ0n) is 13.4. The van der Waals surface area contributed by atoms with Crippen molar-refractivity contribution in [3.05, 3.63) is 16.1 Å². The molecular weight excluding hydrogens is 296 g/mol. The van der Waals surface area contributed by atoms with Gasteiger partial charge in [-0.05, 0) is 32.1 Å². The second kappa shape index (κ2) is 7.55. The molecule has 1 atom stereocenters. The van der Waals surface area contributed by atoms with Crippen LogP contribution in [-0.2, 0) is 16.0 Å². The Morgan fingerprint density at radius 3 is 2.91 bits per heavy atom. The molecule has 1 aliphatic heterocycles. The molecule has 1 amide bonds. The minimum absolute atomic E-state index is 0.156. The van der Waals surface area contributed by atoms with Crippen molar-refractivity contribution in [1.82, 2.24) is 9.88 Å². The molecular formula is C17H26N2O2S. The normalized spacial score (nSPS) is 23.1. The number of rotatable bonds is 5. The molecule has 1 aromatic heterocycles. The molecule has 0 aromatic carbocycles. The summed E-state index contributed by atoms with van der Waals surface area (Å²) in [5.74, 6) is 0.568. The smallest absolute Gasteiger partial charge is 0.248 e. The molecule has 2 fully saturated rings. The summed E-state index contributed by atoms with van der Waals surface area (Å²) < 4.78 is 5.78. The van der Waals surface area contributed by atoms with Gasteiger partial charge in [0.1, 0.15) is 6.61 Å². The predicted octanol–water partition coefficient (Wildman–Crippen LogP) is 3.37. The van der Waals surface area contributed by atoms with E-state index in [0.29, 0.717) is 12.0 Å². The van der Waals surface area contributed by atoms with Crippen LogP contribution in [0.5, 0.6) is 0 Å². The number of likely N-dealkylation sites (tertiary alicyclic amines) is 1. The fraction of sp³-hybridized carbons (Fsp3) is 0.765. The number of hydrogen-bond donors (Lipinski definition) is 0. The lowest BCUT2D eigenvalue weighted by Crippen LogP contribution is -2.41. The maximum Gasteiger partial charge on any atom is 0.248 e. The molecule has 0 unspecified atom stereocenters. The number of nitrogens with zero attached hydrogens (tertiary/aromatic N) is 2. The van der Waals surface area contributed by atoms with E-state index in [9.17, 15) is 4.79 Å². The van der Waals surface area contributed by atoms with Gasteiger partial charge in [0, 0.05) is 24.4 Å². The Hall–Kier alpha value is -0.940. The molecule has 1 aromatic rings. The van der Waals surface area contributed by atoms with E-state index in [0.717, 1.165) is 45.2 Å². The van der Waals surface area contributed by atoms with Crippen molar-refractivity contribution in [2.75, 3.05) is 19.7 Å². The number of carbonyl (C=O) groups is 1. The van der Waals surface area contributed by atoms with Crippen LogP contribution in [0.4, 0.5) is 0 Å². The SMILES string of the molecule is CCc1csc([C@H]2CCCN(C(=O)COC3CCCC3)C2)n1. The molecule has 4 nitrogen and oxygen atoms in total. The summed E-state index contributed by atoms with van der Waals surface area (Å²) in [7, 11) is 0. The van der Waals surface area contributed by atoms with E-state index >= 15 is 0 Å². The molecule has 1 saturated carbocycles. The number of amides is 1. The van der Waals surface area contributed by atoms with Gasteiger partial charge < -0.3 is 9.64 Å². The zero-order chi connectivity index (χ0) is 15.4. The van der Waals surface area contributed by atoms with Crippen LogP contribution in [0.1, 0.15) is 62.1 Å². The van der Waals surface area contributed by atoms with Crippen molar-refractivity contribution in [2.24, 2.45) is 0 Å². The molecule has 122 valence electrons. The highest BCUT2D eigenvalue weighted by Crippen LogP contribution is 2.29. The lowest BCUT2D eigenvalue weighted by molar-refractivity contribution is -0.139. The minimum atomic E-state index is 0.156. The van der Waals surface area contributed by atoms with Crippen LogP contribution in [0.15, 0.2) is 5.38 Å². The first-order chi connectivity index (χ1) is 10.8. The summed E-state index contributed by atoms with van der Waals surface area (Å²) in [6.07, 6.45) is 8.24. The third kappa shape index (κ3) is 3.87. The summed E-state index contributed by atoms with van der Waals surface area (Å²) in [6.45, 7) is 4.07. The van der Waals surface area contributed by atoms with Gasteiger partial charge in [-0.2, -0.15) is 0 Å². The number of piperidine rings is 1. The Morgan fingerprint density at radius 1 is 1.36 bits per heavy atom. The molecule has 1 saturated heterocycles. The van der Waals surface area contributed by atoms with Crippen LogP contribution >= 0.6 is 11.3 Å². The van der Waals surface area contributed by atoms with Crippen LogP contribution in [0.25, 0.3) is 0 Å². The van der Waals surface area contributed by atoms with Crippen LogP contribution in [0.2, 0.25) is 0 Å². The van der Waals surface area contributed by atoms with Crippen molar-refractivity contribution in [3.8, 4) is 0 Å². The summed E-state index contributed by atoms with van der Waals surface area (Å²) in [5, 5.41) is 3.35. The van der Waals surface area contributed by atoms with Crippen molar-refractivity contribution < 1.29 is 9.53 Å². The van der Waals surface area contributed by atoms with Crippen LogP contribution < -0.4 is 0 Å². The summed E-state index contributed by atoms with van der Waals surface area (Å²) in [4.78, 5) is 19.1. The fourth-order valence-electron chi connectivity index (χ4n) is 3.41. The highest BCUT2D eigenvalue weighted by molar-refractivity contribution is 7.09. The van der Waals surface area contributed by atoms with Crippen molar-refractivity contribution in [3.63, 3.8) is 0 Å². The number of aryl methyl sites for hydroxylation is 1. The van der Waals surface area contributed by atoms with Crippen LogP contribution in [-0.4, -0.2) is 41.6 Å². The Morgan fingerprint density at radius 2 is 2.18 bits per heavy atom. The topological polar surface area (TPSA) is 42.4 Å². The lowest BCUT2D eigenvalue weighted by atomic mass is 9.98. The molecule has 22 heavy (non-hydrogen) atoms. The van der Waals surface area contributed by atoms with Crippen molar-refractivity contribution in [2.45, 2.75) is 63.9 Å². The molecule has 1 aliphatic carbocycles. The summed E-state index contributed by atoms with van der Waals surface area (Å²) in [6, 6.07) is 0. The Labute approximate surface area is 136 Å². The average molecular weight is 322 g/mol. The van der Waals surface area contributed by atoms with Crippen LogP contribution in [0.3, 0.4) is 0 Å². The quantitative estimate of drug-likeness (QED) is 0.834. The van der Waals surface area contributed by atoms with Gasteiger partial charge in [-0.15, -0.1) is 11.3 Å². The highest BCUT2D eigenvalue weighted by atomic mass is 32.1. The molecule has 0 N–H and O–H groups in total. The van der Waals surface area contributed by atoms with Gasteiger partial charge in [-0.25, -0.2) is 4.98 Å². The van der Waals surface area contributed by atoms with Gasteiger partial charge in [-0.3, -0.25) is 4.79 Å². The third-order valence-electron chi connectivity index (χ3n) is 4.80. The van der Waals surface area contributed by atoms with Gasteiger partial charge in [0.2, 0.25) is 5.91 Å². The van der Waals surface area contributed by atoms with Crippen LogP contribution in [0, 0.1) is 0 Å². The van der Waals surface area contributed by atoms with E-state index in [4.69, 9.17) is 9.72 Å². The van der Waals surface area contributed by atoms with Gasteiger partial charge in [0.05, 0.1) is 16.8 Å². The molecule has 2 aliphatic rings. The number of ether oxygens (including phenoxy) is 1. The standard InChI is InChI=1S/C17H26N2O2S/c1-2-14-12-22-17(18-14)13-6-5-9-19(10-13)16(20)11-21-15-7-3-4-8-15/h12-13,15H,2-11H2,1H3/t13-/m0/s1. The van der Waals surface area contributed by atoms with Gasteiger partial charge in [0.25, 0.3) is 0 Å². The monoisotopic (exact) mass is 322 g/mol. The van der Waals surface area contributed by atoms with E-state index in [1.165, 1.54) is 23.5 Å². The van der Waals surface area contributed by atoms with Crippen molar-refractivity contribution in [1.29, 1.82) is 0 Å². The number of hydrogen-bond acceptors (Lipinski definition) is 4. The minimum Gasteiger partial charge on any atom is -0.368 e. The first-order valence-electron chi connectivity index (χ1n) is 8.60. The second-order valence-electron chi connectivity index (χ2n) is 6.43. The summed E-state index contributed by atoms with van der Waals surface area (Å²) >= 11 is 1.75. The Bertz CT molecular complexity index is 497. The molecule has 0 bridgehead atoms. The highest BCUT2D eigenvalue weighted by Gasteiger charge is 2.27. The maximum atomic E-state index is 12.4. The molecule has 0 radical (unpaired) electrons. The molecule has 5 heteroatoms. The molecule has 3 rings (SSSR count). The van der Waals surface area contributed by atoms with E-state index in [1.807, 2.05) is 4.90 Å². The largest absolute Gasteiger partial charge is 0.368 e.